The average molecular weight is 277 g/mol. The summed E-state index contributed by atoms with van der Waals surface area (Å²) in [7, 11) is 0. The summed E-state index contributed by atoms with van der Waals surface area (Å²) >= 11 is 0. The molecule has 0 unspecified atom stereocenters. The van der Waals surface area contributed by atoms with Crippen LogP contribution < -0.4 is 5.32 Å². The monoisotopic (exact) mass is 277 g/mol. The maximum Gasteiger partial charge on any atom is 0.256 e. The number of allylic oxidation sites excluding steroid dienone is 1. The van der Waals surface area contributed by atoms with Gasteiger partial charge in [0.05, 0.1) is 5.57 Å². The summed E-state index contributed by atoms with van der Waals surface area (Å²) in [5.41, 5.74) is 5.08. The van der Waals surface area contributed by atoms with Crippen molar-refractivity contribution < 1.29 is 4.79 Å². The maximum atomic E-state index is 12.4. The van der Waals surface area contributed by atoms with E-state index in [9.17, 15) is 4.79 Å². The first-order valence-electron chi connectivity index (χ1n) is 7.50. The standard InChI is InChI=1S/C19H19NO/c1-2-3-11-15(14-9-5-4-6-10-14)18-16-12-7-8-13-17(16)20-19(18)21/h4-10,12-13H,2-3,11H2,1H3,(H,20,21)/b18-15-. The molecule has 0 aromatic heterocycles. The molecule has 1 aliphatic heterocycles. The van der Waals surface area contributed by atoms with Gasteiger partial charge in [0.2, 0.25) is 0 Å². The lowest BCUT2D eigenvalue weighted by molar-refractivity contribution is -0.110. The highest BCUT2D eigenvalue weighted by atomic mass is 16.2. The van der Waals surface area contributed by atoms with Crippen LogP contribution in [0.2, 0.25) is 0 Å². The molecule has 0 atom stereocenters. The lowest BCUT2D eigenvalue weighted by atomic mass is 9.92. The lowest BCUT2D eigenvalue weighted by Gasteiger charge is -2.11. The molecule has 0 spiro atoms. The minimum absolute atomic E-state index is 0.0196. The fourth-order valence-corrected chi connectivity index (χ4v) is 2.82. The summed E-state index contributed by atoms with van der Waals surface area (Å²) in [5, 5.41) is 2.98. The quantitative estimate of drug-likeness (QED) is 0.803. The van der Waals surface area contributed by atoms with E-state index in [0.717, 1.165) is 47.2 Å². The van der Waals surface area contributed by atoms with E-state index in [0.29, 0.717) is 0 Å². The Bertz CT molecular complexity index is 686. The van der Waals surface area contributed by atoms with E-state index in [1.54, 1.807) is 0 Å². The molecular weight excluding hydrogens is 258 g/mol. The normalized spacial score (nSPS) is 15.6. The number of hydrogen-bond donors (Lipinski definition) is 1. The number of rotatable bonds is 4. The van der Waals surface area contributed by atoms with Crippen LogP contribution in [0.15, 0.2) is 54.6 Å². The third-order valence-corrected chi connectivity index (χ3v) is 3.88. The van der Waals surface area contributed by atoms with E-state index in [-0.39, 0.29) is 5.91 Å². The molecule has 1 heterocycles. The molecule has 2 aromatic rings. The van der Waals surface area contributed by atoms with Gasteiger partial charge in [-0.1, -0.05) is 61.9 Å². The molecular formula is C19H19NO. The van der Waals surface area contributed by atoms with Crippen LogP contribution in [0, 0.1) is 0 Å². The molecule has 2 heteroatoms. The summed E-state index contributed by atoms with van der Waals surface area (Å²) < 4.78 is 0. The van der Waals surface area contributed by atoms with E-state index < -0.39 is 0 Å². The van der Waals surface area contributed by atoms with Crippen LogP contribution in [0.4, 0.5) is 5.69 Å². The number of carbonyl (C=O) groups excluding carboxylic acids is 1. The van der Waals surface area contributed by atoms with E-state index in [1.807, 2.05) is 42.5 Å². The number of benzene rings is 2. The smallest absolute Gasteiger partial charge is 0.256 e. The zero-order valence-electron chi connectivity index (χ0n) is 12.2. The first-order valence-corrected chi connectivity index (χ1v) is 7.50. The van der Waals surface area contributed by atoms with E-state index >= 15 is 0 Å². The molecule has 3 rings (SSSR count). The summed E-state index contributed by atoms with van der Waals surface area (Å²) in [4.78, 5) is 12.4. The minimum atomic E-state index is 0.0196. The number of nitrogens with one attached hydrogen (secondary N) is 1. The highest BCUT2D eigenvalue weighted by Crippen LogP contribution is 2.38. The van der Waals surface area contributed by atoms with Crippen LogP contribution in [0.1, 0.15) is 37.3 Å². The predicted molar refractivity (Wildman–Crippen MR) is 87.9 cm³/mol. The van der Waals surface area contributed by atoms with Crippen LogP contribution in [-0.4, -0.2) is 5.91 Å². The summed E-state index contributed by atoms with van der Waals surface area (Å²) in [6.07, 6.45) is 3.13. The van der Waals surface area contributed by atoms with Crippen LogP contribution in [0.3, 0.4) is 0 Å². The topological polar surface area (TPSA) is 29.1 Å². The van der Waals surface area contributed by atoms with Gasteiger partial charge in [0, 0.05) is 11.3 Å². The lowest BCUT2D eigenvalue weighted by Crippen LogP contribution is -2.06. The van der Waals surface area contributed by atoms with Gasteiger partial charge in [-0.2, -0.15) is 0 Å². The fourth-order valence-electron chi connectivity index (χ4n) is 2.82. The van der Waals surface area contributed by atoms with Crippen molar-refractivity contribution in [1.29, 1.82) is 0 Å². The van der Waals surface area contributed by atoms with Crippen LogP contribution >= 0.6 is 0 Å². The Balaban J connectivity index is 2.16. The van der Waals surface area contributed by atoms with Gasteiger partial charge in [-0.25, -0.2) is 0 Å². The Kier molecular flexibility index (Phi) is 3.87. The molecule has 1 N–H and O–H groups in total. The number of hydrogen-bond acceptors (Lipinski definition) is 1. The highest BCUT2D eigenvalue weighted by molar-refractivity contribution is 6.36. The number of unbranched alkanes of at least 4 members (excludes halogenated alkanes) is 1. The van der Waals surface area contributed by atoms with Gasteiger partial charge < -0.3 is 5.32 Å². The van der Waals surface area contributed by atoms with Gasteiger partial charge in [-0.3, -0.25) is 4.79 Å². The number of anilines is 1. The number of fused-ring (bicyclic) bond motifs is 1. The van der Waals surface area contributed by atoms with Gasteiger partial charge in [0.25, 0.3) is 5.91 Å². The Morgan fingerprint density at radius 2 is 1.71 bits per heavy atom. The van der Waals surface area contributed by atoms with Crippen LogP contribution in [-0.2, 0) is 4.79 Å². The number of para-hydroxylation sites is 1. The van der Waals surface area contributed by atoms with Gasteiger partial charge in [0.15, 0.2) is 0 Å². The Morgan fingerprint density at radius 1 is 1.00 bits per heavy atom. The van der Waals surface area contributed by atoms with Crippen LogP contribution in [0.5, 0.6) is 0 Å². The van der Waals surface area contributed by atoms with Crippen molar-refractivity contribution in [3.05, 3.63) is 65.7 Å². The van der Waals surface area contributed by atoms with Gasteiger partial charge in [-0.05, 0) is 30.0 Å². The molecule has 2 aromatic carbocycles. The second-order valence-electron chi connectivity index (χ2n) is 5.32. The molecule has 2 nitrogen and oxygen atoms in total. The zero-order chi connectivity index (χ0) is 14.7. The first-order chi connectivity index (χ1) is 10.3. The molecule has 1 aliphatic rings. The second-order valence-corrected chi connectivity index (χ2v) is 5.32. The van der Waals surface area contributed by atoms with Gasteiger partial charge in [0.1, 0.15) is 0 Å². The van der Waals surface area contributed by atoms with Crippen molar-refractivity contribution in [2.24, 2.45) is 0 Å². The van der Waals surface area contributed by atoms with Crippen LogP contribution in [0.25, 0.3) is 11.1 Å². The van der Waals surface area contributed by atoms with Crippen molar-refractivity contribution >= 4 is 22.7 Å². The van der Waals surface area contributed by atoms with Crippen molar-refractivity contribution in [3.63, 3.8) is 0 Å². The molecule has 21 heavy (non-hydrogen) atoms. The minimum Gasteiger partial charge on any atom is -0.321 e. The van der Waals surface area contributed by atoms with Crippen molar-refractivity contribution in [3.8, 4) is 0 Å². The molecule has 0 saturated carbocycles. The number of carbonyl (C=O) groups is 1. The summed E-state index contributed by atoms with van der Waals surface area (Å²) in [6.45, 7) is 2.18. The van der Waals surface area contributed by atoms with E-state index in [2.05, 4.69) is 24.4 Å². The Labute approximate surface area is 125 Å². The number of amides is 1. The Hall–Kier alpha value is -2.35. The molecule has 1 amide bonds. The molecule has 0 bridgehead atoms. The maximum absolute atomic E-state index is 12.4. The van der Waals surface area contributed by atoms with Crippen molar-refractivity contribution in [2.75, 3.05) is 5.32 Å². The van der Waals surface area contributed by atoms with E-state index in [1.165, 1.54) is 0 Å². The SMILES string of the molecule is CCCC/C(=C1/C(=O)Nc2ccccc21)c1ccccc1. The highest BCUT2D eigenvalue weighted by Gasteiger charge is 2.27. The Morgan fingerprint density at radius 3 is 2.48 bits per heavy atom. The molecule has 0 fully saturated rings. The first kappa shape index (κ1) is 13.6. The predicted octanol–water partition coefficient (Wildman–Crippen LogP) is 4.74. The third kappa shape index (κ3) is 2.62. The fraction of sp³-hybridized carbons (Fsp3) is 0.211. The second kappa shape index (κ2) is 5.96. The third-order valence-electron chi connectivity index (χ3n) is 3.88. The van der Waals surface area contributed by atoms with Crippen molar-refractivity contribution in [1.82, 2.24) is 0 Å². The molecule has 106 valence electrons. The summed E-state index contributed by atoms with van der Waals surface area (Å²) in [6, 6.07) is 18.2. The zero-order valence-corrected chi connectivity index (χ0v) is 12.2. The van der Waals surface area contributed by atoms with Gasteiger partial charge in [-0.15, -0.1) is 0 Å². The van der Waals surface area contributed by atoms with E-state index in [4.69, 9.17) is 0 Å². The molecule has 0 saturated heterocycles. The molecule has 0 radical (unpaired) electrons. The van der Waals surface area contributed by atoms with Gasteiger partial charge >= 0.3 is 0 Å². The molecule has 0 aliphatic carbocycles. The summed E-state index contributed by atoms with van der Waals surface area (Å²) in [5.74, 6) is 0.0196. The average Bonchev–Trinajstić information content (AvgIpc) is 2.85. The largest absolute Gasteiger partial charge is 0.321 e. The van der Waals surface area contributed by atoms with Crippen molar-refractivity contribution in [2.45, 2.75) is 26.2 Å².